The van der Waals surface area contributed by atoms with Crippen LogP contribution in [0.4, 0.5) is 0 Å². The van der Waals surface area contributed by atoms with E-state index in [1.165, 1.54) is 0 Å². The quantitative estimate of drug-likeness (QED) is 0.699. The molecule has 0 aliphatic carbocycles. The molecule has 1 saturated heterocycles. The average molecular weight is 323 g/mol. The largest absolute Gasteiger partial charge is 0.497 e. The molecule has 1 aromatic carbocycles. The number of methoxy groups -OCH3 is 1. The molecule has 1 aliphatic heterocycles. The van der Waals surface area contributed by atoms with E-state index >= 15 is 0 Å². The van der Waals surface area contributed by atoms with Crippen molar-refractivity contribution in [1.29, 1.82) is 0 Å². The first-order chi connectivity index (χ1) is 11.1. The first-order valence-corrected chi connectivity index (χ1v) is 7.45. The van der Waals surface area contributed by atoms with E-state index in [-0.39, 0.29) is 25.4 Å². The third kappa shape index (κ3) is 4.59. The summed E-state index contributed by atoms with van der Waals surface area (Å²) in [4.78, 5) is 23.2. The lowest BCUT2D eigenvalue weighted by molar-refractivity contribution is -0.147. The molecule has 1 aromatic rings. The van der Waals surface area contributed by atoms with Crippen LogP contribution in [0, 0.1) is 0 Å². The number of benzene rings is 1. The van der Waals surface area contributed by atoms with Crippen molar-refractivity contribution >= 4 is 11.9 Å². The number of rotatable bonds is 8. The molecule has 126 valence electrons. The van der Waals surface area contributed by atoms with E-state index in [9.17, 15) is 14.7 Å². The lowest BCUT2D eigenvalue weighted by atomic mass is 9.99. The topological polar surface area (TPSA) is 94.1 Å². The molecule has 0 spiro atoms. The second-order valence-corrected chi connectivity index (χ2v) is 5.37. The Morgan fingerprint density at radius 1 is 1.30 bits per heavy atom. The molecule has 7 nitrogen and oxygen atoms in total. The van der Waals surface area contributed by atoms with Gasteiger partial charge in [0.25, 0.3) is 0 Å². The Balaban J connectivity index is 1.71. The predicted octanol–water partition coefficient (Wildman–Crippen LogP) is 1.21. The van der Waals surface area contributed by atoms with Crippen LogP contribution in [0.3, 0.4) is 0 Å². The van der Waals surface area contributed by atoms with Gasteiger partial charge in [0.2, 0.25) is 5.91 Å². The fraction of sp³-hybridized carbons (Fsp3) is 0.500. The fourth-order valence-corrected chi connectivity index (χ4v) is 2.31. The molecule has 1 aliphatic rings. The molecule has 2 N–H and O–H groups in total. The highest BCUT2D eigenvalue weighted by Gasteiger charge is 2.43. The van der Waals surface area contributed by atoms with E-state index in [1.807, 2.05) is 0 Å². The Morgan fingerprint density at radius 3 is 2.57 bits per heavy atom. The summed E-state index contributed by atoms with van der Waals surface area (Å²) in [6.45, 7) is 0.722. The summed E-state index contributed by atoms with van der Waals surface area (Å²) in [6.07, 6.45) is 0.982. The van der Waals surface area contributed by atoms with E-state index in [4.69, 9.17) is 14.2 Å². The monoisotopic (exact) mass is 323 g/mol. The van der Waals surface area contributed by atoms with Crippen molar-refractivity contribution in [3.8, 4) is 11.5 Å². The zero-order valence-electron chi connectivity index (χ0n) is 13.0. The van der Waals surface area contributed by atoms with Crippen molar-refractivity contribution < 1.29 is 28.9 Å². The summed E-state index contributed by atoms with van der Waals surface area (Å²) in [5, 5.41) is 11.8. The number of amides is 1. The average Bonchev–Trinajstić information content (AvgIpc) is 3.02. The van der Waals surface area contributed by atoms with Crippen LogP contribution in [-0.2, 0) is 14.3 Å². The first kappa shape index (κ1) is 17.1. The summed E-state index contributed by atoms with van der Waals surface area (Å²) in [5.41, 5.74) is -1.28. The molecule has 0 bridgehead atoms. The molecule has 1 amide bonds. The molecule has 7 heteroatoms. The van der Waals surface area contributed by atoms with Gasteiger partial charge in [-0.05, 0) is 30.7 Å². The van der Waals surface area contributed by atoms with Crippen molar-refractivity contribution in [2.75, 3.05) is 26.9 Å². The third-order valence-electron chi connectivity index (χ3n) is 3.69. The Kier molecular flexibility index (Phi) is 5.81. The summed E-state index contributed by atoms with van der Waals surface area (Å²) >= 11 is 0. The van der Waals surface area contributed by atoms with Gasteiger partial charge in [-0.15, -0.1) is 0 Å². The van der Waals surface area contributed by atoms with Gasteiger partial charge in [0.05, 0.1) is 20.3 Å². The second kappa shape index (κ2) is 7.82. The van der Waals surface area contributed by atoms with E-state index in [0.717, 1.165) is 5.75 Å². The zero-order valence-corrected chi connectivity index (χ0v) is 13.0. The van der Waals surface area contributed by atoms with Crippen LogP contribution >= 0.6 is 0 Å². The minimum Gasteiger partial charge on any atom is -0.497 e. The molecule has 1 atom stereocenters. The number of aliphatic carboxylic acids is 1. The number of hydrogen-bond acceptors (Lipinski definition) is 5. The molecule has 23 heavy (non-hydrogen) atoms. The summed E-state index contributed by atoms with van der Waals surface area (Å²) in [7, 11) is 1.59. The van der Waals surface area contributed by atoms with Crippen LogP contribution in [-0.4, -0.2) is 49.5 Å². The van der Waals surface area contributed by atoms with Gasteiger partial charge in [0.1, 0.15) is 11.5 Å². The molecule has 1 unspecified atom stereocenters. The van der Waals surface area contributed by atoms with Crippen molar-refractivity contribution in [3.05, 3.63) is 24.3 Å². The Bertz CT molecular complexity index is 536. The predicted molar refractivity (Wildman–Crippen MR) is 81.7 cm³/mol. The molecule has 0 saturated carbocycles. The maximum Gasteiger partial charge on any atom is 0.331 e. The minimum atomic E-state index is -1.28. The van der Waals surface area contributed by atoms with Crippen LogP contribution in [0.2, 0.25) is 0 Å². The lowest BCUT2D eigenvalue weighted by Crippen LogP contribution is -2.55. The molecule has 2 rings (SSSR count). The third-order valence-corrected chi connectivity index (χ3v) is 3.69. The fourth-order valence-electron chi connectivity index (χ4n) is 2.31. The van der Waals surface area contributed by atoms with E-state index < -0.39 is 11.5 Å². The van der Waals surface area contributed by atoms with E-state index in [0.29, 0.717) is 25.4 Å². The standard InChI is InChI=1S/C16H21NO6/c1-21-12-4-6-13(7-5-12)23-9-2-3-14(18)17-16(15(19)20)8-10-22-11-16/h4-7H,2-3,8-11H2,1H3,(H,17,18)(H,19,20). The first-order valence-electron chi connectivity index (χ1n) is 7.45. The van der Waals surface area contributed by atoms with Gasteiger partial charge in [-0.2, -0.15) is 0 Å². The summed E-state index contributed by atoms with van der Waals surface area (Å²) < 4.78 is 15.7. The number of carbonyl (C=O) groups excluding carboxylic acids is 1. The van der Waals surface area contributed by atoms with Crippen LogP contribution in [0.25, 0.3) is 0 Å². The second-order valence-electron chi connectivity index (χ2n) is 5.37. The van der Waals surface area contributed by atoms with Gasteiger partial charge >= 0.3 is 5.97 Å². The van der Waals surface area contributed by atoms with Crippen LogP contribution < -0.4 is 14.8 Å². The van der Waals surface area contributed by atoms with E-state index in [1.54, 1.807) is 31.4 Å². The highest BCUT2D eigenvalue weighted by Crippen LogP contribution is 2.20. The maximum atomic E-state index is 11.9. The maximum absolute atomic E-state index is 11.9. The van der Waals surface area contributed by atoms with Crippen molar-refractivity contribution in [1.82, 2.24) is 5.32 Å². The SMILES string of the molecule is COc1ccc(OCCCC(=O)NC2(C(=O)O)CCOC2)cc1. The molecule has 1 fully saturated rings. The smallest absolute Gasteiger partial charge is 0.331 e. The zero-order chi connectivity index (χ0) is 16.7. The highest BCUT2D eigenvalue weighted by atomic mass is 16.5. The summed E-state index contributed by atoms with van der Waals surface area (Å²) in [5.74, 6) is 0.0703. The molecule has 0 aromatic heterocycles. The molecule has 1 heterocycles. The number of carboxylic acid groups (broad SMARTS) is 1. The van der Waals surface area contributed by atoms with Crippen LogP contribution in [0.15, 0.2) is 24.3 Å². The number of ether oxygens (including phenoxy) is 3. The molecular weight excluding hydrogens is 302 g/mol. The van der Waals surface area contributed by atoms with Gasteiger partial charge < -0.3 is 24.6 Å². The Morgan fingerprint density at radius 2 is 2.00 bits per heavy atom. The van der Waals surface area contributed by atoms with Gasteiger partial charge in [-0.3, -0.25) is 4.79 Å². The van der Waals surface area contributed by atoms with Gasteiger partial charge in [0, 0.05) is 19.4 Å². The highest BCUT2D eigenvalue weighted by molar-refractivity contribution is 5.87. The number of carboxylic acids is 1. The normalized spacial score (nSPS) is 20.0. The molecule has 0 radical (unpaired) electrons. The number of hydrogen-bond donors (Lipinski definition) is 2. The number of nitrogens with one attached hydrogen (secondary N) is 1. The Hall–Kier alpha value is -2.28. The van der Waals surface area contributed by atoms with Crippen molar-refractivity contribution in [2.45, 2.75) is 24.8 Å². The van der Waals surface area contributed by atoms with Gasteiger partial charge in [-0.1, -0.05) is 0 Å². The van der Waals surface area contributed by atoms with Crippen LogP contribution in [0.5, 0.6) is 11.5 Å². The Labute approximate surface area is 134 Å². The van der Waals surface area contributed by atoms with Gasteiger partial charge in [0.15, 0.2) is 5.54 Å². The minimum absolute atomic E-state index is 0.0103. The summed E-state index contributed by atoms with van der Waals surface area (Å²) in [6, 6.07) is 7.15. The number of carbonyl (C=O) groups is 2. The van der Waals surface area contributed by atoms with Gasteiger partial charge in [-0.25, -0.2) is 4.79 Å². The van der Waals surface area contributed by atoms with Crippen LogP contribution in [0.1, 0.15) is 19.3 Å². The van der Waals surface area contributed by atoms with E-state index in [2.05, 4.69) is 5.32 Å². The van der Waals surface area contributed by atoms with Crippen molar-refractivity contribution in [2.24, 2.45) is 0 Å². The lowest BCUT2D eigenvalue weighted by Gasteiger charge is -2.23. The molecular formula is C16H21NO6. The van der Waals surface area contributed by atoms with Crippen molar-refractivity contribution in [3.63, 3.8) is 0 Å².